The Labute approximate surface area is 205 Å². The maximum Gasteiger partial charge on any atom is 0.131 e. The minimum Gasteiger partial charge on any atom is -0.490 e. The lowest BCUT2D eigenvalue weighted by Crippen LogP contribution is -2.20. The van der Waals surface area contributed by atoms with Crippen LogP contribution in [0.25, 0.3) is 11.1 Å². The largest absolute Gasteiger partial charge is 0.490 e. The highest BCUT2D eigenvalue weighted by molar-refractivity contribution is 7.28. The first-order chi connectivity index (χ1) is 16.0. The Kier molecular flexibility index (Phi) is 10.6. The normalized spacial score (nSPS) is 17.5. The summed E-state index contributed by atoms with van der Waals surface area (Å²) in [4.78, 5) is 0. The molecule has 2 nitrogen and oxygen atoms in total. The summed E-state index contributed by atoms with van der Waals surface area (Å²) in [5, 5.41) is 1.13. The van der Waals surface area contributed by atoms with Gasteiger partial charge in [0.25, 0.3) is 0 Å². The molecule has 0 bridgehead atoms. The van der Waals surface area contributed by atoms with E-state index in [1.54, 1.807) is 25.7 Å². The lowest BCUT2D eigenvalue weighted by atomic mass is 9.73. The lowest BCUT2D eigenvalue weighted by molar-refractivity contribution is 0.196. The summed E-state index contributed by atoms with van der Waals surface area (Å²) >= 11 is 0. The van der Waals surface area contributed by atoms with Crippen molar-refractivity contribution in [3.8, 4) is 22.6 Å². The van der Waals surface area contributed by atoms with Crippen molar-refractivity contribution in [2.24, 2.45) is 11.8 Å². The molecule has 4 rings (SSSR count). The van der Waals surface area contributed by atoms with E-state index >= 15 is 0 Å². The van der Waals surface area contributed by atoms with Crippen LogP contribution in [-0.2, 0) is 0 Å². The first-order valence-electron chi connectivity index (χ1n) is 13.3. The summed E-state index contributed by atoms with van der Waals surface area (Å²) in [5.41, 5.74) is 2.14. The van der Waals surface area contributed by atoms with Gasteiger partial charge in [0, 0.05) is 0 Å². The molecule has 2 fully saturated rings. The Morgan fingerprint density at radius 3 is 1.52 bits per heavy atom. The van der Waals surface area contributed by atoms with Crippen molar-refractivity contribution in [2.75, 3.05) is 0 Å². The highest BCUT2D eigenvalue weighted by atomic mass is 31.0. The van der Waals surface area contributed by atoms with Crippen molar-refractivity contribution in [3.63, 3.8) is 0 Å². The Bertz CT molecular complexity index is 789. The maximum atomic E-state index is 5.99. The second kappa shape index (κ2) is 13.4. The van der Waals surface area contributed by atoms with Crippen molar-refractivity contribution in [3.05, 3.63) is 42.5 Å². The molecule has 0 amide bonds. The van der Waals surface area contributed by atoms with Crippen LogP contribution in [0.3, 0.4) is 0 Å². The van der Waals surface area contributed by atoms with E-state index in [0.29, 0.717) is 0 Å². The van der Waals surface area contributed by atoms with Gasteiger partial charge in [-0.05, 0) is 62.5 Å². The average Bonchev–Trinajstić information content (AvgIpc) is 2.81. The van der Waals surface area contributed by atoms with Crippen LogP contribution in [0.2, 0.25) is 0 Å². The fourth-order valence-corrected chi connectivity index (χ4v) is 5.77. The van der Waals surface area contributed by atoms with E-state index in [1.807, 2.05) is 58.0 Å². The van der Waals surface area contributed by atoms with Crippen LogP contribution in [0.4, 0.5) is 0 Å². The van der Waals surface area contributed by atoms with Crippen LogP contribution in [0.15, 0.2) is 42.5 Å². The molecule has 33 heavy (non-hydrogen) atoms. The molecule has 1 unspecified atom stereocenters. The third-order valence-corrected chi connectivity index (χ3v) is 7.41. The molecule has 1 atom stereocenters. The summed E-state index contributed by atoms with van der Waals surface area (Å²) < 4.78 is 12.0. The van der Waals surface area contributed by atoms with Crippen LogP contribution in [-0.4, -0.2) is 12.2 Å². The van der Waals surface area contributed by atoms with Gasteiger partial charge in [0.15, 0.2) is 0 Å². The second-order valence-corrected chi connectivity index (χ2v) is 11.0. The summed E-state index contributed by atoms with van der Waals surface area (Å²) in [7, 11) is 2.78. The molecule has 0 aliphatic heterocycles. The fourth-order valence-electron chi connectivity index (χ4n) is 5.42. The molecule has 0 N–H and O–H groups in total. The molecule has 3 heteroatoms. The topological polar surface area (TPSA) is 18.5 Å². The SMILES string of the molecule is C1CCC(C2CCCCC2)CC1.CC(C)Oc1cccc(OC(C)C)c1-c1ccccc1P. The number of rotatable bonds is 6. The zero-order chi connectivity index (χ0) is 23.6. The summed E-state index contributed by atoms with van der Waals surface area (Å²) in [5.74, 6) is 3.99. The molecular weight excluding hydrogens is 423 g/mol. The van der Waals surface area contributed by atoms with E-state index in [2.05, 4.69) is 21.4 Å². The minimum absolute atomic E-state index is 0.120. The molecule has 0 saturated heterocycles. The Morgan fingerprint density at radius 1 is 0.636 bits per heavy atom. The molecule has 0 radical (unpaired) electrons. The molecule has 2 aliphatic rings. The van der Waals surface area contributed by atoms with Crippen molar-refractivity contribution in [2.45, 2.75) is 104 Å². The fraction of sp³-hybridized carbons (Fsp3) is 0.600. The standard InChI is InChI=1S/C18H23O2P.C12H22/c1-12(2)19-15-9-7-10-16(20-13(3)4)18(15)14-8-5-6-11-17(14)21;1-3-7-11(8-4-1)12-9-5-2-6-10-12/h5-13H,21H2,1-4H3;11-12H,1-10H2. The van der Waals surface area contributed by atoms with Crippen molar-refractivity contribution >= 4 is 14.5 Å². The van der Waals surface area contributed by atoms with E-state index in [-0.39, 0.29) is 12.2 Å². The summed E-state index contributed by atoms with van der Waals surface area (Å²) in [6, 6.07) is 14.2. The summed E-state index contributed by atoms with van der Waals surface area (Å²) in [6.07, 6.45) is 15.6. The zero-order valence-electron chi connectivity index (χ0n) is 21.3. The van der Waals surface area contributed by atoms with Crippen LogP contribution < -0.4 is 14.8 Å². The van der Waals surface area contributed by atoms with Crippen molar-refractivity contribution < 1.29 is 9.47 Å². The molecule has 0 heterocycles. The van der Waals surface area contributed by atoms with Crippen molar-refractivity contribution in [1.82, 2.24) is 0 Å². The van der Waals surface area contributed by atoms with Gasteiger partial charge in [0.05, 0.1) is 17.8 Å². The van der Waals surface area contributed by atoms with Crippen LogP contribution in [0.1, 0.15) is 91.9 Å². The van der Waals surface area contributed by atoms with Crippen LogP contribution >= 0.6 is 9.24 Å². The minimum atomic E-state index is 0.120. The zero-order valence-corrected chi connectivity index (χ0v) is 22.5. The Morgan fingerprint density at radius 2 is 1.09 bits per heavy atom. The molecular formula is C30H45O2P. The Balaban J connectivity index is 0.000000215. The molecule has 182 valence electrons. The summed E-state index contributed by atoms with van der Waals surface area (Å²) in [6.45, 7) is 8.14. The van der Waals surface area contributed by atoms with E-state index in [0.717, 1.165) is 39.8 Å². The van der Waals surface area contributed by atoms with E-state index in [4.69, 9.17) is 9.47 Å². The van der Waals surface area contributed by atoms with Gasteiger partial charge in [-0.1, -0.05) is 94.5 Å². The van der Waals surface area contributed by atoms with E-state index < -0.39 is 0 Å². The molecule has 2 aromatic rings. The molecule has 2 saturated carbocycles. The molecule has 0 aromatic heterocycles. The first kappa shape index (κ1) is 26.1. The highest BCUT2D eigenvalue weighted by Gasteiger charge is 2.24. The average molecular weight is 469 g/mol. The number of hydrogen-bond donors (Lipinski definition) is 0. The third kappa shape index (κ3) is 8.03. The predicted octanol–water partition coefficient (Wildman–Crippen LogP) is 8.58. The molecule has 2 aliphatic carbocycles. The number of ether oxygens (including phenoxy) is 2. The molecule has 0 spiro atoms. The quantitative estimate of drug-likeness (QED) is 0.395. The van der Waals surface area contributed by atoms with Gasteiger partial charge in [-0.15, -0.1) is 9.24 Å². The van der Waals surface area contributed by atoms with Gasteiger partial charge in [-0.25, -0.2) is 0 Å². The van der Waals surface area contributed by atoms with Gasteiger partial charge in [0.1, 0.15) is 11.5 Å². The smallest absolute Gasteiger partial charge is 0.131 e. The molecule has 2 aromatic carbocycles. The van der Waals surface area contributed by atoms with E-state index in [1.165, 1.54) is 38.5 Å². The number of hydrogen-bond acceptors (Lipinski definition) is 2. The van der Waals surface area contributed by atoms with Gasteiger partial charge in [-0.2, -0.15) is 0 Å². The highest BCUT2D eigenvalue weighted by Crippen LogP contribution is 2.39. The maximum absolute atomic E-state index is 5.99. The monoisotopic (exact) mass is 468 g/mol. The third-order valence-electron chi connectivity index (χ3n) is 6.91. The van der Waals surface area contributed by atoms with Crippen LogP contribution in [0.5, 0.6) is 11.5 Å². The first-order valence-corrected chi connectivity index (χ1v) is 13.8. The lowest BCUT2D eigenvalue weighted by Gasteiger charge is -2.32. The van der Waals surface area contributed by atoms with Gasteiger partial charge in [0.2, 0.25) is 0 Å². The van der Waals surface area contributed by atoms with Gasteiger partial charge < -0.3 is 9.47 Å². The van der Waals surface area contributed by atoms with Gasteiger partial charge in [-0.3, -0.25) is 0 Å². The number of benzene rings is 2. The predicted molar refractivity (Wildman–Crippen MR) is 146 cm³/mol. The second-order valence-electron chi connectivity index (χ2n) is 10.3. The van der Waals surface area contributed by atoms with E-state index in [9.17, 15) is 0 Å². The van der Waals surface area contributed by atoms with Crippen LogP contribution in [0, 0.1) is 11.8 Å². The Hall–Kier alpha value is -1.53. The van der Waals surface area contributed by atoms with Crippen molar-refractivity contribution in [1.29, 1.82) is 0 Å². The van der Waals surface area contributed by atoms with Gasteiger partial charge >= 0.3 is 0 Å².